The number of benzene rings is 2. The van der Waals surface area contributed by atoms with E-state index in [1.54, 1.807) is 25.2 Å². The van der Waals surface area contributed by atoms with Gasteiger partial charge in [-0.05, 0) is 48.9 Å². The zero-order valence-electron chi connectivity index (χ0n) is 11.1. The molecule has 0 saturated carbocycles. The Bertz CT molecular complexity index is 618. The molecule has 0 saturated heterocycles. The normalized spacial score (nSPS) is 12.5. The van der Waals surface area contributed by atoms with Crippen LogP contribution >= 0.6 is 23.2 Å². The molecule has 2 aromatic carbocycles. The topological polar surface area (TPSA) is 12.0 Å². The van der Waals surface area contributed by atoms with Gasteiger partial charge >= 0.3 is 0 Å². The lowest BCUT2D eigenvalue weighted by Gasteiger charge is -2.19. The molecule has 1 atom stereocenters. The lowest BCUT2D eigenvalue weighted by atomic mass is 9.98. The van der Waals surface area contributed by atoms with Gasteiger partial charge in [-0.2, -0.15) is 0 Å². The molecule has 0 aliphatic heterocycles. The molecule has 1 nitrogen and oxygen atoms in total. The Morgan fingerprint density at radius 2 is 1.57 bits per heavy atom. The van der Waals surface area contributed by atoms with Crippen LogP contribution in [0, 0.1) is 17.5 Å². The van der Waals surface area contributed by atoms with Crippen molar-refractivity contribution in [2.24, 2.45) is 0 Å². The lowest BCUT2D eigenvalue weighted by molar-refractivity contribution is 0.441. The molecule has 0 radical (unpaired) electrons. The molecular formula is C15H12Cl2F3N. The van der Waals surface area contributed by atoms with Crippen LogP contribution in [0.4, 0.5) is 13.2 Å². The van der Waals surface area contributed by atoms with Gasteiger partial charge in [0.1, 0.15) is 0 Å². The highest BCUT2D eigenvalue weighted by Gasteiger charge is 2.18. The van der Waals surface area contributed by atoms with Crippen LogP contribution < -0.4 is 5.32 Å². The summed E-state index contributed by atoms with van der Waals surface area (Å²) in [6, 6.07) is 6.55. The van der Waals surface area contributed by atoms with Crippen molar-refractivity contribution < 1.29 is 13.2 Å². The van der Waals surface area contributed by atoms with E-state index in [0.717, 1.165) is 12.1 Å². The van der Waals surface area contributed by atoms with E-state index in [4.69, 9.17) is 23.2 Å². The van der Waals surface area contributed by atoms with Crippen LogP contribution in [0.1, 0.15) is 17.2 Å². The van der Waals surface area contributed by atoms with Gasteiger partial charge in [-0.3, -0.25) is 0 Å². The van der Waals surface area contributed by atoms with Crippen LogP contribution in [0.2, 0.25) is 10.0 Å². The van der Waals surface area contributed by atoms with Crippen LogP contribution in [-0.4, -0.2) is 7.05 Å². The van der Waals surface area contributed by atoms with Gasteiger partial charge < -0.3 is 5.32 Å². The van der Waals surface area contributed by atoms with E-state index in [2.05, 4.69) is 5.32 Å². The fraction of sp³-hybridized carbons (Fsp3) is 0.200. The summed E-state index contributed by atoms with van der Waals surface area (Å²) in [6.07, 6.45) is 0.319. The molecule has 2 rings (SSSR count). The molecule has 6 heteroatoms. The largest absolute Gasteiger partial charge is 0.313 e. The highest BCUT2D eigenvalue weighted by atomic mass is 35.5. The average Bonchev–Trinajstić information content (AvgIpc) is 2.44. The molecule has 0 bridgehead atoms. The van der Waals surface area contributed by atoms with Crippen molar-refractivity contribution in [3.8, 4) is 0 Å². The van der Waals surface area contributed by atoms with Gasteiger partial charge in [-0.1, -0.05) is 29.3 Å². The van der Waals surface area contributed by atoms with E-state index in [1.807, 2.05) is 0 Å². The third kappa shape index (κ3) is 3.51. The molecule has 0 amide bonds. The van der Waals surface area contributed by atoms with Crippen molar-refractivity contribution in [3.05, 3.63) is 69.0 Å². The van der Waals surface area contributed by atoms with Gasteiger partial charge in [-0.15, -0.1) is 0 Å². The third-order valence-electron chi connectivity index (χ3n) is 3.23. The first-order valence-corrected chi connectivity index (χ1v) is 6.94. The number of rotatable bonds is 4. The molecule has 112 valence electrons. The number of likely N-dealkylation sites (N-methyl/N-ethyl adjacent to an activating group) is 1. The second-order valence-corrected chi connectivity index (χ2v) is 5.36. The molecule has 0 spiro atoms. The Hall–Kier alpha value is -1.23. The smallest absolute Gasteiger partial charge is 0.194 e. The van der Waals surface area contributed by atoms with Gasteiger partial charge in [0, 0.05) is 16.1 Å². The second kappa shape index (κ2) is 6.69. The maximum Gasteiger partial charge on any atom is 0.194 e. The van der Waals surface area contributed by atoms with Crippen LogP contribution in [-0.2, 0) is 6.42 Å². The van der Waals surface area contributed by atoms with Gasteiger partial charge in [0.2, 0.25) is 0 Å². The Kier molecular flexibility index (Phi) is 5.14. The van der Waals surface area contributed by atoms with Crippen molar-refractivity contribution in [3.63, 3.8) is 0 Å². The van der Waals surface area contributed by atoms with Crippen molar-refractivity contribution in [1.29, 1.82) is 0 Å². The van der Waals surface area contributed by atoms with Gasteiger partial charge in [-0.25, -0.2) is 13.2 Å². The Morgan fingerprint density at radius 1 is 1.05 bits per heavy atom. The Labute approximate surface area is 130 Å². The van der Waals surface area contributed by atoms with E-state index in [1.165, 1.54) is 0 Å². The molecule has 1 N–H and O–H groups in total. The Morgan fingerprint density at radius 3 is 2.05 bits per heavy atom. The lowest BCUT2D eigenvalue weighted by Crippen LogP contribution is -2.20. The average molecular weight is 334 g/mol. The summed E-state index contributed by atoms with van der Waals surface area (Å²) >= 11 is 12.2. The fourth-order valence-corrected chi connectivity index (χ4v) is 2.65. The monoisotopic (exact) mass is 333 g/mol. The van der Waals surface area contributed by atoms with Crippen LogP contribution in [0.5, 0.6) is 0 Å². The summed E-state index contributed by atoms with van der Waals surface area (Å²) in [5.41, 5.74) is 0.940. The molecule has 0 aromatic heterocycles. The molecule has 2 aromatic rings. The minimum Gasteiger partial charge on any atom is -0.313 e. The summed E-state index contributed by atoms with van der Waals surface area (Å²) in [6.45, 7) is 0. The maximum absolute atomic E-state index is 13.3. The molecule has 0 aliphatic rings. The summed E-state index contributed by atoms with van der Waals surface area (Å²) in [5, 5.41) is 3.85. The van der Waals surface area contributed by atoms with Crippen molar-refractivity contribution in [2.45, 2.75) is 12.5 Å². The van der Waals surface area contributed by atoms with Crippen LogP contribution in [0.25, 0.3) is 0 Å². The second-order valence-electron chi connectivity index (χ2n) is 4.54. The van der Waals surface area contributed by atoms with E-state index in [0.29, 0.717) is 22.0 Å². The Balaban J connectivity index is 2.37. The molecule has 0 heterocycles. The minimum atomic E-state index is -1.48. The fourth-order valence-electron chi connectivity index (χ4n) is 2.09. The first-order chi connectivity index (χ1) is 9.93. The number of hydrogen-bond donors (Lipinski definition) is 1. The van der Waals surface area contributed by atoms with Gasteiger partial charge in [0.15, 0.2) is 17.5 Å². The minimum absolute atomic E-state index is 0.282. The first kappa shape index (κ1) is 16.1. The summed E-state index contributed by atoms with van der Waals surface area (Å²) in [5.74, 6) is -3.93. The van der Waals surface area contributed by atoms with E-state index in [9.17, 15) is 13.2 Å². The molecule has 0 fully saturated rings. The molecule has 21 heavy (non-hydrogen) atoms. The quantitative estimate of drug-likeness (QED) is 0.783. The first-order valence-electron chi connectivity index (χ1n) is 6.18. The summed E-state index contributed by atoms with van der Waals surface area (Å²) in [4.78, 5) is 0. The van der Waals surface area contributed by atoms with E-state index in [-0.39, 0.29) is 5.56 Å². The van der Waals surface area contributed by atoms with Crippen molar-refractivity contribution in [1.82, 2.24) is 5.32 Å². The predicted molar refractivity (Wildman–Crippen MR) is 78.3 cm³/mol. The van der Waals surface area contributed by atoms with Crippen molar-refractivity contribution in [2.75, 3.05) is 7.05 Å². The molecule has 0 aliphatic carbocycles. The van der Waals surface area contributed by atoms with Gasteiger partial charge in [0.25, 0.3) is 0 Å². The number of halogens is 5. The standard InChI is InChI=1S/C15H12Cl2F3N/c1-21-14(7-9-10(16)3-2-4-11(9)17)8-5-12(18)15(20)13(19)6-8/h2-6,14,21H,7H2,1H3. The zero-order valence-corrected chi connectivity index (χ0v) is 12.6. The molecular weight excluding hydrogens is 322 g/mol. The van der Waals surface area contributed by atoms with Gasteiger partial charge in [0.05, 0.1) is 0 Å². The number of nitrogens with one attached hydrogen (secondary N) is 1. The van der Waals surface area contributed by atoms with E-state index < -0.39 is 23.5 Å². The van der Waals surface area contributed by atoms with E-state index >= 15 is 0 Å². The highest BCUT2D eigenvalue weighted by molar-refractivity contribution is 6.36. The summed E-state index contributed by atoms with van der Waals surface area (Å²) < 4.78 is 39.7. The maximum atomic E-state index is 13.3. The van der Waals surface area contributed by atoms with Crippen LogP contribution in [0.15, 0.2) is 30.3 Å². The SMILES string of the molecule is CNC(Cc1c(Cl)cccc1Cl)c1cc(F)c(F)c(F)c1. The molecule has 1 unspecified atom stereocenters. The number of hydrogen-bond acceptors (Lipinski definition) is 1. The zero-order chi connectivity index (χ0) is 15.6. The predicted octanol–water partition coefficient (Wildman–Crippen LogP) is 4.91. The van der Waals surface area contributed by atoms with Crippen LogP contribution in [0.3, 0.4) is 0 Å². The highest BCUT2D eigenvalue weighted by Crippen LogP contribution is 2.30. The van der Waals surface area contributed by atoms with Crippen molar-refractivity contribution >= 4 is 23.2 Å². The third-order valence-corrected chi connectivity index (χ3v) is 3.94. The summed E-state index contributed by atoms with van der Waals surface area (Å²) in [7, 11) is 1.63.